The molecule has 0 aromatic heterocycles. The molecular formula is C8H14N2O. The SMILES string of the molecule is CO/N=C1/CN2CCC1CC2. The molecule has 0 amide bonds. The fourth-order valence-corrected chi connectivity index (χ4v) is 2.00. The van der Waals surface area contributed by atoms with Crippen LogP contribution in [0.4, 0.5) is 0 Å². The van der Waals surface area contributed by atoms with Gasteiger partial charge in [0.15, 0.2) is 0 Å². The van der Waals surface area contributed by atoms with Crippen molar-refractivity contribution in [1.29, 1.82) is 0 Å². The summed E-state index contributed by atoms with van der Waals surface area (Å²) in [5.41, 5.74) is 1.25. The van der Waals surface area contributed by atoms with Crippen molar-refractivity contribution in [2.45, 2.75) is 12.8 Å². The molecule has 3 heteroatoms. The lowest BCUT2D eigenvalue weighted by Crippen LogP contribution is -2.47. The van der Waals surface area contributed by atoms with Crippen LogP contribution in [-0.4, -0.2) is 37.4 Å². The molecule has 62 valence electrons. The monoisotopic (exact) mass is 154 g/mol. The lowest BCUT2D eigenvalue weighted by atomic mass is 9.87. The van der Waals surface area contributed by atoms with Crippen LogP contribution in [0.15, 0.2) is 5.16 Å². The number of fused-ring (bicyclic) bond motifs is 3. The molecule has 0 spiro atoms. The van der Waals surface area contributed by atoms with Crippen molar-refractivity contribution in [1.82, 2.24) is 4.90 Å². The molecule has 0 aromatic rings. The standard InChI is InChI=1S/C8H14N2O/c1-11-9-8-6-10-4-2-7(8)3-5-10/h7H,2-6H2,1H3/b9-8-. The summed E-state index contributed by atoms with van der Waals surface area (Å²) in [6.07, 6.45) is 2.56. The third-order valence-corrected chi connectivity index (χ3v) is 2.65. The molecule has 3 rings (SSSR count). The van der Waals surface area contributed by atoms with Crippen molar-refractivity contribution in [3.8, 4) is 0 Å². The van der Waals surface area contributed by atoms with E-state index in [4.69, 9.17) is 4.84 Å². The molecule has 2 bridgehead atoms. The Balaban J connectivity index is 2.08. The second kappa shape index (κ2) is 2.81. The van der Waals surface area contributed by atoms with Crippen LogP contribution in [0.1, 0.15) is 12.8 Å². The van der Waals surface area contributed by atoms with Crippen LogP contribution in [0.2, 0.25) is 0 Å². The van der Waals surface area contributed by atoms with Crippen molar-refractivity contribution in [2.75, 3.05) is 26.7 Å². The number of oxime groups is 1. The van der Waals surface area contributed by atoms with Gasteiger partial charge in [0.2, 0.25) is 0 Å². The van der Waals surface area contributed by atoms with Gasteiger partial charge in [-0.25, -0.2) is 0 Å². The van der Waals surface area contributed by atoms with Crippen LogP contribution in [0.25, 0.3) is 0 Å². The highest BCUT2D eigenvalue weighted by Crippen LogP contribution is 2.25. The highest BCUT2D eigenvalue weighted by Gasteiger charge is 2.31. The summed E-state index contributed by atoms with van der Waals surface area (Å²) in [6, 6.07) is 0. The Morgan fingerprint density at radius 1 is 1.45 bits per heavy atom. The average molecular weight is 154 g/mol. The first-order valence-corrected chi connectivity index (χ1v) is 4.22. The first-order chi connectivity index (χ1) is 5.40. The maximum Gasteiger partial charge on any atom is 0.106 e. The summed E-state index contributed by atoms with van der Waals surface area (Å²) in [7, 11) is 1.63. The van der Waals surface area contributed by atoms with E-state index in [0.29, 0.717) is 0 Å². The normalized spacial score (nSPS) is 39.5. The Hall–Kier alpha value is -0.570. The number of hydrogen-bond acceptors (Lipinski definition) is 3. The van der Waals surface area contributed by atoms with Gasteiger partial charge in [-0.1, -0.05) is 5.16 Å². The van der Waals surface area contributed by atoms with E-state index in [1.807, 2.05) is 0 Å². The van der Waals surface area contributed by atoms with Crippen molar-refractivity contribution in [3.63, 3.8) is 0 Å². The van der Waals surface area contributed by atoms with E-state index in [0.717, 1.165) is 12.5 Å². The van der Waals surface area contributed by atoms with Gasteiger partial charge in [-0.15, -0.1) is 0 Å². The third kappa shape index (κ3) is 1.25. The van der Waals surface area contributed by atoms with Gasteiger partial charge in [0.05, 0.1) is 5.71 Å². The predicted octanol–water partition coefficient (Wildman–Crippen LogP) is 0.714. The van der Waals surface area contributed by atoms with Gasteiger partial charge in [0.25, 0.3) is 0 Å². The Labute approximate surface area is 67.0 Å². The summed E-state index contributed by atoms with van der Waals surface area (Å²) < 4.78 is 0. The summed E-state index contributed by atoms with van der Waals surface area (Å²) >= 11 is 0. The molecule has 3 saturated heterocycles. The molecule has 0 atom stereocenters. The lowest BCUT2D eigenvalue weighted by Gasteiger charge is -2.39. The highest BCUT2D eigenvalue weighted by molar-refractivity contribution is 5.89. The fraction of sp³-hybridized carbons (Fsp3) is 0.875. The third-order valence-electron chi connectivity index (χ3n) is 2.65. The van der Waals surface area contributed by atoms with E-state index in [9.17, 15) is 0 Å². The first kappa shape index (κ1) is 7.10. The summed E-state index contributed by atoms with van der Waals surface area (Å²) in [4.78, 5) is 7.24. The number of rotatable bonds is 1. The zero-order valence-corrected chi connectivity index (χ0v) is 6.92. The van der Waals surface area contributed by atoms with Crippen LogP contribution in [0.3, 0.4) is 0 Å². The van der Waals surface area contributed by atoms with Crippen LogP contribution < -0.4 is 0 Å². The van der Waals surface area contributed by atoms with E-state index in [-0.39, 0.29) is 0 Å². The zero-order valence-electron chi connectivity index (χ0n) is 6.92. The minimum Gasteiger partial charge on any atom is -0.399 e. The molecule has 0 aromatic carbocycles. The fourth-order valence-electron chi connectivity index (χ4n) is 2.00. The van der Waals surface area contributed by atoms with Gasteiger partial charge in [0.1, 0.15) is 7.11 Å². The highest BCUT2D eigenvalue weighted by atomic mass is 16.6. The molecule has 3 nitrogen and oxygen atoms in total. The largest absolute Gasteiger partial charge is 0.399 e. The smallest absolute Gasteiger partial charge is 0.106 e. The minimum absolute atomic E-state index is 0.722. The number of piperidine rings is 3. The van der Waals surface area contributed by atoms with Gasteiger partial charge in [-0.3, -0.25) is 4.90 Å². The minimum atomic E-state index is 0.722. The molecule has 0 unspecified atom stereocenters. The van der Waals surface area contributed by atoms with E-state index in [1.165, 1.54) is 31.6 Å². The van der Waals surface area contributed by atoms with Crippen LogP contribution >= 0.6 is 0 Å². The van der Waals surface area contributed by atoms with Crippen LogP contribution in [0, 0.1) is 5.92 Å². The molecule has 3 aliphatic heterocycles. The van der Waals surface area contributed by atoms with E-state index in [2.05, 4.69) is 10.1 Å². The van der Waals surface area contributed by atoms with E-state index in [1.54, 1.807) is 7.11 Å². The molecule has 0 N–H and O–H groups in total. The summed E-state index contributed by atoms with van der Waals surface area (Å²) in [5, 5.41) is 4.04. The molecule has 0 aliphatic carbocycles. The van der Waals surface area contributed by atoms with Gasteiger partial charge >= 0.3 is 0 Å². The Morgan fingerprint density at radius 2 is 2.18 bits per heavy atom. The Bertz CT molecular complexity index is 171. The lowest BCUT2D eigenvalue weighted by molar-refractivity contribution is 0.172. The Morgan fingerprint density at radius 3 is 2.64 bits per heavy atom. The molecule has 3 heterocycles. The Kier molecular flexibility index (Phi) is 1.82. The summed E-state index contributed by atoms with van der Waals surface area (Å²) in [5.74, 6) is 0.722. The zero-order chi connectivity index (χ0) is 7.68. The van der Waals surface area contributed by atoms with E-state index >= 15 is 0 Å². The van der Waals surface area contributed by atoms with Crippen molar-refractivity contribution in [3.05, 3.63) is 0 Å². The van der Waals surface area contributed by atoms with Crippen molar-refractivity contribution in [2.24, 2.45) is 11.1 Å². The van der Waals surface area contributed by atoms with Gasteiger partial charge in [-0.05, 0) is 25.9 Å². The first-order valence-electron chi connectivity index (χ1n) is 4.22. The topological polar surface area (TPSA) is 24.8 Å². The number of nitrogens with zero attached hydrogens (tertiary/aromatic N) is 2. The number of hydrogen-bond donors (Lipinski definition) is 0. The molecule has 3 fully saturated rings. The second-order valence-electron chi connectivity index (χ2n) is 3.32. The van der Waals surface area contributed by atoms with Gasteiger partial charge in [0, 0.05) is 12.5 Å². The second-order valence-corrected chi connectivity index (χ2v) is 3.32. The van der Waals surface area contributed by atoms with Crippen LogP contribution in [-0.2, 0) is 4.84 Å². The quantitative estimate of drug-likeness (QED) is 0.520. The van der Waals surface area contributed by atoms with Crippen molar-refractivity contribution >= 4 is 5.71 Å². The predicted molar refractivity (Wildman–Crippen MR) is 43.6 cm³/mol. The molecule has 0 radical (unpaired) electrons. The molecule has 3 aliphatic rings. The molecule has 0 saturated carbocycles. The van der Waals surface area contributed by atoms with Crippen LogP contribution in [0.5, 0.6) is 0 Å². The molecule has 11 heavy (non-hydrogen) atoms. The average Bonchev–Trinajstić information content (AvgIpc) is 2.07. The molecular weight excluding hydrogens is 140 g/mol. The maximum absolute atomic E-state index is 4.80. The van der Waals surface area contributed by atoms with Gasteiger partial charge in [-0.2, -0.15) is 0 Å². The van der Waals surface area contributed by atoms with Crippen molar-refractivity contribution < 1.29 is 4.84 Å². The van der Waals surface area contributed by atoms with Gasteiger partial charge < -0.3 is 4.84 Å². The summed E-state index contributed by atoms with van der Waals surface area (Å²) in [6.45, 7) is 3.55. The maximum atomic E-state index is 4.80. The van der Waals surface area contributed by atoms with E-state index < -0.39 is 0 Å².